The fourth-order valence-corrected chi connectivity index (χ4v) is 4.24. The molecule has 1 heterocycles. The lowest BCUT2D eigenvalue weighted by Gasteiger charge is -2.30. The number of nitrogens with zero attached hydrogens (tertiary/aromatic N) is 2. The van der Waals surface area contributed by atoms with Crippen LogP contribution in [-0.4, -0.2) is 35.2 Å². The summed E-state index contributed by atoms with van der Waals surface area (Å²) in [5.41, 5.74) is 1.29. The molecule has 1 fully saturated rings. The minimum Gasteiger partial charge on any atom is -0.330 e. The minimum atomic E-state index is -0.791. The summed E-state index contributed by atoms with van der Waals surface area (Å²) < 4.78 is 1.01. The van der Waals surface area contributed by atoms with Crippen molar-refractivity contribution in [2.75, 3.05) is 11.4 Å². The zero-order valence-corrected chi connectivity index (χ0v) is 20.8. The van der Waals surface area contributed by atoms with Crippen molar-refractivity contribution in [1.82, 2.24) is 4.90 Å². The Bertz CT molecular complexity index is 985. The van der Waals surface area contributed by atoms with E-state index in [9.17, 15) is 14.4 Å². The first-order chi connectivity index (χ1) is 14.5. The third-order valence-electron chi connectivity index (χ3n) is 5.12. The predicted molar refractivity (Wildman–Crippen MR) is 131 cm³/mol. The molecule has 0 aromatic heterocycles. The molecular formula is C24H26ClIN2O3. The lowest BCUT2D eigenvalue weighted by molar-refractivity contribution is -0.139. The van der Waals surface area contributed by atoms with Crippen LogP contribution >= 0.6 is 34.2 Å². The van der Waals surface area contributed by atoms with Gasteiger partial charge in [0, 0.05) is 21.6 Å². The van der Waals surface area contributed by atoms with E-state index in [1.54, 1.807) is 23.1 Å². The van der Waals surface area contributed by atoms with Gasteiger partial charge in [-0.05, 0) is 76.4 Å². The first kappa shape index (κ1) is 23.7. The average molecular weight is 553 g/mol. The maximum Gasteiger partial charge on any atom is 0.257 e. The van der Waals surface area contributed by atoms with Crippen molar-refractivity contribution in [3.63, 3.8) is 0 Å². The van der Waals surface area contributed by atoms with Crippen LogP contribution in [0.15, 0.2) is 48.5 Å². The van der Waals surface area contributed by atoms with Crippen LogP contribution in [0.3, 0.4) is 0 Å². The van der Waals surface area contributed by atoms with Crippen molar-refractivity contribution in [2.45, 2.75) is 46.1 Å². The molecule has 0 aliphatic carbocycles. The zero-order valence-electron chi connectivity index (χ0n) is 17.9. The molecule has 1 aliphatic heterocycles. The van der Waals surface area contributed by atoms with E-state index in [-0.39, 0.29) is 29.6 Å². The van der Waals surface area contributed by atoms with Gasteiger partial charge in [0.25, 0.3) is 5.91 Å². The highest BCUT2D eigenvalue weighted by atomic mass is 127. The molecule has 5 nitrogen and oxygen atoms in total. The van der Waals surface area contributed by atoms with Crippen LogP contribution in [0.1, 0.15) is 39.2 Å². The molecule has 3 amide bonds. The summed E-state index contributed by atoms with van der Waals surface area (Å²) in [5.74, 6) is -0.753. The Labute approximate surface area is 201 Å². The molecule has 0 spiro atoms. The Morgan fingerprint density at radius 3 is 2.45 bits per heavy atom. The number of hydrogen-bond acceptors (Lipinski definition) is 3. The van der Waals surface area contributed by atoms with Crippen LogP contribution in [0.2, 0.25) is 5.02 Å². The molecular weight excluding hydrogens is 527 g/mol. The van der Waals surface area contributed by atoms with Gasteiger partial charge in [0.1, 0.15) is 6.04 Å². The Morgan fingerprint density at radius 2 is 1.84 bits per heavy atom. The molecule has 3 rings (SSSR count). The van der Waals surface area contributed by atoms with Crippen molar-refractivity contribution in [1.29, 1.82) is 0 Å². The molecule has 0 radical (unpaired) electrons. The summed E-state index contributed by atoms with van der Waals surface area (Å²) in [4.78, 5) is 42.0. The van der Waals surface area contributed by atoms with Crippen LogP contribution in [0.5, 0.6) is 0 Å². The van der Waals surface area contributed by atoms with Crippen LogP contribution in [-0.2, 0) is 20.8 Å². The standard InChI is InChI=1S/C24H26ClIN2O3/c1-24(2,3)15-22(30)27(12-11-16-5-4-6-17(25)13-16)20-14-21(29)28(23(20)31)19-9-7-18(26)8-10-19/h4-10,13,20H,11-12,14-15H2,1-3H3. The largest absolute Gasteiger partial charge is 0.330 e. The molecule has 31 heavy (non-hydrogen) atoms. The van der Waals surface area contributed by atoms with E-state index in [2.05, 4.69) is 22.6 Å². The molecule has 2 aromatic rings. The van der Waals surface area contributed by atoms with Crippen molar-refractivity contribution in [2.24, 2.45) is 5.41 Å². The number of rotatable bonds is 6. The molecule has 1 saturated heterocycles. The fraction of sp³-hybridized carbons (Fsp3) is 0.375. The summed E-state index contributed by atoms with van der Waals surface area (Å²) in [6.07, 6.45) is 0.845. The number of hydrogen-bond donors (Lipinski definition) is 0. The van der Waals surface area contributed by atoms with Crippen LogP contribution < -0.4 is 4.90 Å². The summed E-state index contributed by atoms with van der Waals surface area (Å²) in [5, 5.41) is 0.627. The highest BCUT2D eigenvalue weighted by Crippen LogP contribution is 2.29. The number of amides is 3. The topological polar surface area (TPSA) is 57.7 Å². The van der Waals surface area contributed by atoms with E-state index in [0.717, 1.165) is 9.13 Å². The molecule has 0 saturated carbocycles. The lowest BCUT2D eigenvalue weighted by Crippen LogP contribution is -2.47. The minimum absolute atomic E-state index is 0.00372. The van der Waals surface area contributed by atoms with E-state index in [1.165, 1.54) is 4.90 Å². The van der Waals surface area contributed by atoms with Crippen molar-refractivity contribution in [3.05, 3.63) is 62.7 Å². The molecule has 7 heteroatoms. The SMILES string of the molecule is CC(C)(C)CC(=O)N(CCc1cccc(Cl)c1)C1CC(=O)N(c2ccc(I)cc2)C1=O. The molecule has 2 aromatic carbocycles. The van der Waals surface area contributed by atoms with E-state index >= 15 is 0 Å². The summed E-state index contributed by atoms with van der Waals surface area (Å²) in [6.45, 7) is 6.30. The third-order valence-corrected chi connectivity index (χ3v) is 6.07. The quantitative estimate of drug-likeness (QED) is 0.371. The average Bonchev–Trinajstić information content (AvgIpc) is 2.96. The van der Waals surface area contributed by atoms with E-state index in [1.807, 2.05) is 51.1 Å². The summed E-state index contributed by atoms with van der Waals surface area (Å²) in [6, 6.07) is 13.9. The number of imide groups is 1. The molecule has 1 atom stereocenters. The first-order valence-electron chi connectivity index (χ1n) is 10.2. The number of halogens is 2. The number of carbonyl (C=O) groups is 3. The van der Waals surface area contributed by atoms with Crippen LogP contribution in [0.25, 0.3) is 0 Å². The Balaban J connectivity index is 1.85. The first-order valence-corrected chi connectivity index (χ1v) is 11.7. The molecule has 0 N–H and O–H groups in total. The molecule has 1 aliphatic rings. The molecule has 0 bridgehead atoms. The van der Waals surface area contributed by atoms with Gasteiger partial charge >= 0.3 is 0 Å². The van der Waals surface area contributed by atoms with Crippen molar-refractivity contribution in [3.8, 4) is 0 Å². The summed E-state index contributed by atoms with van der Waals surface area (Å²) >= 11 is 8.26. The third kappa shape index (κ3) is 6.07. The van der Waals surface area contributed by atoms with Gasteiger partial charge in [0.05, 0.1) is 12.1 Å². The second kappa shape index (κ2) is 9.69. The fourth-order valence-electron chi connectivity index (χ4n) is 3.67. The van der Waals surface area contributed by atoms with Gasteiger partial charge in [-0.3, -0.25) is 14.4 Å². The second-order valence-electron chi connectivity index (χ2n) is 8.97. The Hall–Kier alpha value is -1.93. The maximum atomic E-state index is 13.3. The lowest BCUT2D eigenvalue weighted by atomic mass is 9.91. The van der Waals surface area contributed by atoms with Crippen molar-refractivity contribution >= 4 is 57.6 Å². The Kier molecular flexibility index (Phi) is 7.42. The zero-order chi connectivity index (χ0) is 22.8. The molecule has 1 unspecified atom stereocenters. The van der Waals surface area contributed by atoms with Gasteiger partial charge in [-0.2, -0.15) is 0 Å². The highest BCUT2D eigenvalue weighted by Gasteiger charge is 2.44. The van der Waals surface area contributed by atoms with Gasteiger partial charge in [-0.1, -0.05) is 44.5 Å². The van der Waals surface area contributed by atoms with Gasteiger partial charge in [0.2, 0.25) is 11.8 Å². The van der Waals surface area contributed by atoms with E-state index in [0.29, 0.717) is 30.1 Å². The van der Waals surface area contributed by atoms with E-state index < -0.39 is 6.04 Å². The van der Waals surface area contributed by atoms with Gasteiger partial charge in [-0.15, -0.1) is 0 Å². The van der Waals surface area contributed by atoms with Crippen LogP contribution in [0.4, 0.5) is 5.69 Å². The van der Waals surface area contributed by atoms with Crippen LogP contribution in [0, 0.1) is 8.99 Å². The molecule has 164 valence electrons. The highest BCUT2D eigenvalue weighted by molar-refractivity contribution is 14.1. The number of anilines is 1. The van der Waals surface area contributed by atoms with E-state index in [4.69, 9.17) is 11.6 Å². The summed E-state index contributed by atoms with van der Waals surface area (Å²) in [7, 11) is 0. The smallest absolute Gasteiger partial charge is 0.257 e. The maximum absolute atomic E-state index is 13.3. The monoisotopic (exact) mass is 552 g/mol. The Morgan fingerprint density at radius 1 is 1.16 bits per heavy atom. The number of benzene rings is 2. The second-order valence-corrected chi connectivity index (χ2v) is 10.7. The van der Waals surface area contributed by atoms with Crippen molar-refractivity contribution < 1.29 is 14.4 Å². The normalized spacial score (nSPS) is 16.7. The van der Waals surface area contributed by atoms with Gasteiger partial charge in [0.15, 0.2) is 0 Å². The van der Waals surface area contributed by atoms with Gasteiger partial charge in [-0.25, -0.2) is 4.90 Å². The number of carbonyl (C=O) groups excluding carboxylic acids is 3. The van der Waals surface area contributed by atoms with Gasteiger partial charge < -0.3 is 4.90 Å². The predicted octanol–water partition coefficient (Wildman–Crippen LogP) is 5.08.